The van der Waals surface area contributed by atoms with E-state index in [2.05, 4.69) is 5.10 Å². The number of aromatic nitrogens is 2. The first-order valence-electron chi connectivity index (χ1n) is 5.41. The summed E-state index contributed by atoms with van der Waals surface area (Å²) >= 11 is 0. The second kappa shape index (κ2) is 4.53. The van der Waals surface area contributed by atoms with Crippen LogP contribution in [-0.2, 0) is 6.42 Å². The van der Waals surface area contributed by atoms with Crippen LogP contribution in [0.4, 0.5) is 14.6 Å². The fraction of sp³-hybridized carbons (Fsp3) is 0.250. The Morgan fingerprint density at radius 3 is 2.65 bits per heavy atom. The molecule has 1 aromatic heterocycles. The van der Waals surface area contributed by atoms with Gasteiger partial charge in [0.05, 0.1) is 11.4 Å². The fourth-order valence-electron chi connectivity index (χ4n) is 1.65. The van der Waals surface area contributed by atoms with Crippen molar-refractivity contribution in [3.63, 3.8) is 0 Å². The molecular weight excluding hydrogens is 224 g/mol. The fourth-order valence-corrected chi connectivity index (χ4v) is 1.65. The molecule has 0 atom stereocenters. The number of benzene rings is 1. The van der Waals surface area contributed by atoms with Gasteiger partial charge in [0.15, 0.2) is 11.6 Å². The van der Waals surface area contributed by atoms with Crippen molar-refractivity contribution in [1.82, 2.24) is 9.78 Å². The van der Waals surface area contributed by atoms with E-state index in [0.29, 0.717) is 11.5 Å². The van der Waals surface area contributed by atoms with Gasteiger partial charge >= 0.3 is 0 Å². The lowest BCUT2D eigenvalue weighted by atomic mass is 10.2. The zero-order chi connectivity index (χ0) is 12.4. The lowest BCUT2D eigenvalue weighted by molar-refractivity contribution is 0.507. The number of nitrogens with zero attached hydrogens (tertiary/aromatic N) is 2. The average Bonchev–Trinajstić information content (AvgIpc) is 2.64. The first-order valence-corrected chi connectivity index (χ1v) is 5.41. The highest BCUT2D eigenvalue weighted by Gasteiger charge is 2.09. The first-order chi connectivity index (χ1) is 8.11. The molecule has 0 unspecified atom stereocenters. The van der Waals surface area contributed by atoms with E-state index in [1.807, 2.05) is 6.92 Å². The van der Waals surface area contributed by atoms with Crippen molar-refractivity contribution in [2.75, 3.05) is 5.73 Å². The number of nitrogens with two attached hydrogens (primary N) is 1. The lowest BCUT2D eigenvalue weighted by Gasteiger charge is -2.04. The van der Waals surface area contributed by atoms with Crippen LogP contribution >= 0.6 is 0 Å². The molecule has 1 heterocycles. The highest BCUT2D eigenvalue weighted by Crippen LogP contribution is 2.17. The smallest absolute Gasteiger partial charge is 0.160 e. The van der Waals surface area contributed by atoms with Gasteiger partial charge in [-0.3, -0.25) is 0 Å². The third kappa shape index (κ3) is 2.27. The summed E-state index contributed by atoms with van der Waals surface area (Å²) in [6.45, 7) is 2.03. The largest absolute Gasteiger partial charge is 0.384 e. The van der Waals surface area contributed by atoms with Crippen molar-refractivity contribution in [3.8, 4) is 5.69 Å². The summed E-state index contributed by atoms with van der Waals surface area (Å²) in [5.74, 6) is -1.37. The van der Waals surface area contributed by atoms with Crippen LogP contribution in [0.25, 0.3) is 5.69 Å². The average molecular weight is 237 g/mol. The Bertz CT molecular complexity index is 535. The Kier molecular flexibility index (Phi) is 3.08. The van der Waals surface area contributed by atoms with E-state index in [0.717, 1.165) is 30.7 Å². The van der Waals surface area contributed by atoms with Gasteiger partial charge in [-0.15, -0.1) is 0 Å². The molecule has 0 saturated carbocycles. The topological polar surface area (TPSA) is 43.8 Å². The van der Waals surface area contributed by atoms with Gasteiger partial charge in [0.2, 0.25) is 0 Å². The number of rotatable bonds is 3. The first kappa shape index (κ1) is 11.6. The molecular formula is C12H13F2N3. The molecule has 2 N–H and O–H groups in total. The van der Waals surface area contributed by atoms with Crippen LogP contribution in [0.2, 0.25) is 0 Å². The molecule has 0 fully saturated rings. The molecule has 5 heteroatoms. The summed E-state index contributed by atoms with van der Waals surface area (Å²) in [6.07, 6.45) is 1.76. The molecule has 2 rings (SSSR count). The molecule has 90 valence electrons. The molecule has 0 bridgehead atoms. The zero-order valence-electron chi connectivity index (χ0n) is 9.45. The molecule has 17 heavy (non-hydrogen) atoms. The molecule has 0 aliphatic heterocycles. The van der Waals surface area contributed by atoms with Gasteiger partial charge in [0.1, 0.15) is 5.82 Å². The van der Waals surface area contributed by atoms with Crippen LogP contribution in [0.5, 0.6) is 0 Å². The van der Waals surface area contributed by atoms with Crippen LogP contribution in [0.1, 0.15) is 19.0 Å². The van der Waals surface area contributed by atoms with Crippen molar-refractivity contribution >= 4 is 5.82 Å². The minimum Gasteiger partial charge on any atom is -0.384 e. The van der Waals surface area contributed by atoms with Crippen molar-refractivity contribution in [3.05, 3.63) is 41.6 Å². The maximum Gasteiger partial charge on any atom is 0.160 e. The molecule has 0 aliphatic carbocycles. The minimum absolute atomic E-state index is 0.416. The Morgan fingerprint density at radius 1 is 1.24 bits per heavy atom. The van der Waals surface area contributed by atoms with Gasteiger partial charge in [-0.05, 0) is 18.6 Å². The second-order valence-corrected chi connectivity index (χ2v) is 3.82. The van der Waals surface area contributed by atoms with Gasteiger partial charge in [-0.1, -0.05) is 13.3 Å². The van der Waals surface area contributed by atoms with Crippen LogP contribution < -0.4 is 5.73 Å². The summed E-state index contributed by atoms with van der Waals surface area (Å²) in [6, 6.07) is 5.32. The normalized spacial score (nSPS) is 10.8. The maximum absolute atomic E-state index is 13.1. The minimum atomic E-state index is -0.908. The van der Waals surface area contributed by atoms with Crippen molar-refractivity contribution in [1.29, 1.82) is 0 Å². The molecule has 1 aromatic carbocycles. The van der Waals surface area contributed by atoms with E-state index >= 15 is 0 Å². The standard InChI is InChI=1S/C12H13F2N3/c1-2-3-8-6-12(15)17(16-8)9-4-5-10(13)11(14)7-9/h4-7H,2-3,15H2,1H3. The quantitative estimate of drug-likeness (QED) is 0.891. The number of anilines is 1. The van der Waals surface area contributed by atoms with Crippen LogP contribution in [-0.4, -0.2) is 9.78 Å². The molecule has 0 amide bonds. The second-order valence-electron chi connectivity index (χ2n) is 3.82. The summed E-state index contributed by atoms with van der Waals surface area (Å²) < 4.78 is 27.3. The van der Waals surface area contributed by atoms with Crippen molar-refractivity contribution in [2.24, 2.45) is 0 Å². The van der Waals surface area contributed by atoms with Crippen LogP contribution in [0.15, 0.2) is 24.3 Å². The Labute approximate surface area is 97.9 Å². The van der Waals surface area contributed by atoms with Gasteiger partial charge in [-0.2, -0.15) is 5.10 Å². The highest BCUT2D eigenvalue weighted by atomic mass is 19.2. The number of hydrogen-bond acceptors (Lipinski definition) is 2. The monoisotopic (exact) mass is 237 g/mol. The third-order valence-corrected chi connectivity index (χ3v) is 2.44. The summed E-state index contributed by atoms with van der Waals surface area (Å²) in [4.78, 5) is 0. The van der Waals surface area contributed by atoms with Crippen molar-refractivity contribution in [2.45, 2.75) is 19.8 Å². The van der Waals surface area contributed by atoms with E-state index in [9.17, 15) is 8.78 Å². The van der Waals surface area contributed by atoms with Gasteiger partial charge in [-0.25, -0.2) is 13.5 Å². The lowest BCUT2D eigenvalue weighted by Crippen LogP contribution is -2.03. The Morgan fingerprint density at radius 2 is 2.00 bits per heavy atom. The number of aryl methyl sites for hydroxylation is 1. The number of halogens is 2. The number of nitrogen functional groups attached to an aromatic ring is 1. The van der Waals surface area contributed by atoms with Gasteiger partial charge in [0.25, 0.3) is 0 Å². The van der Waals surface area contributed by atoms with Gasteiger partial charge in [0, 0.05) is 12.1 Å². The summed E-state index contributed by atoms with van der Waals surface area (Å²) in [5.41, 5.74) is 7.04. The molecule has 0 spiro atoms. The Hall–Kier alpha value is -1.91. The van der Waals surface area contributed by atoms with E-state index in [-0.39, 0.29) is 0 Å². The van der Waals surface area contributed by atoms with E-state index in [4.69, 9.17) is 5.73 Å². The zero-order valence-corrected chi connectivity index (χ0v) is 9.45. The van der Waals surface area contributed by atoms with E-state index in [1.165, 1.54) is 10.7 Å². The summed E-state index contributed by atoms with van der Waals surface area (Å²) in [5, 5.41) is 4.24. The van der Waals surface area contributed by atoms with Crippen LogP contribution in [0, 0.1) is 11.6 Å². The maximum atomic E-state index is 13.1. The van der Waals surface area contributed by atoms with Crippen LogP contribution in [0.3, 0.4) is 0 Å². The molecule has 2 aromatic rings. The van der Waals surface area contributed by atoms with Crippen molar-refractivity contribution < 1.29 is 8.78 Å². The molecule has 3 nitrogen and oxygen atoms in total. The molecule has 0 saturated heterocycles. The van der Waals surface area contributed by atoms with Gasteiger partial charge < -0.3 is 5.73 Å². The summed E-state index contributed by atoms with van der Waals surface area (Å²) in [7, 11) is 0. The Balaban J connectivity index is 2.41. The highest BCUT2D eigenvalue weighted by molar-refractivity contribution is 5.43. The van der Waals surface area contributed by atoms with E-state index < -0.39 is 11.6 Å². The molecule has 0 radical (unpaired) electrons. The predicted molar refractivity (Wildman–Crippen MR) is 61.9 cm³/mol. The SMILES string of the molecule is CCCc1cc(N)n(-c2ccc(F)c(F)c2)n1. The predicted octanol–water partition coefficient (Wildman–Crippen LogP) is 2.69. The molecule has 0 aliphatic rings. The number of hydrogen-bond donors (Lipinski definition) is 1. The third-order valence-electron chi connectivity index (χ3n) is 2.44. The van der Waals surface area contributed by atoms with E-state index in [1.54, 1.807) is 6.07 Å².